The van der Waals surface area contributed by atoms with E-state index in [-0.39, 0.29) is 17.4 Å². The van der Waals surface area contributed by atoms with E-state index in [1.54, 1.807) is 18.2 Å². The summed E-state index contributed by atoms with van der Waals surface area (Å²) >= 11 is 0. The highest BCUT2D eigenvalue weighted by molar-refractivity contribution is 6.06. The zero-order chi connectivity index (χ0) is 22.0. The van der Waals surface area contributed by atoms with Crippen LogP contribution in [0.15, 0.2) is 48.5 Å². The second-order valence-corrected chi connectivity index (χ2v) is 6.36. The molecule has 3 aromatic rings. The third-order valence-electron chi connectivity index (χ3n) is 4.13. The summed E-state index contributed by atoms with van der Waals surface area (Å²) in [5, 5.41) is 14.7. The summed E-state index contributed by atoms with van der Waals surface area (Å²) in [5.74, 6) is -9.89. The fraction of sp³-hybridized carbons (Fsp3) is 0.0476. The van der Waals surface area contributed by atoms with E-state index >= 15 is 0 Å². The molecule has 3 N–H and O–H groups in total. The first-order valence-electron chi connectivity index (χ1n) is 8.52. The highest BCUT2D eigenvalue weighted by Crippen LogP contribution is 2.28. The van der Waals surface area contributed by atoms with Gasteiger partial charge in [0, 0.05) is 17.3 Å². The molecule has 0 aliphatic heterocycles. The van der Waals surface area contributed by atoms with Gasteiger partial charge in [-0.05, 0) is 37.3 Å². The minimum atomic E-state index is -2.11. The lowest BCUT2D eigenvalue weighted by Gasteiger charge is -2.11. The van der Waals surface area contributed by atoms with E-state index in [0.717, 1.165) is 11.6 Å². The average Bonchev–Trinajstić information content (AvgIpc) is 2.71. The van der Waals surface area contributed by atoms with Crippen LogP contribution in [0, 0.1) is 30.2 Å². The standard InChI is InChI=1S/C21H14F4N2O3/c1-10-3-2-4-11(7-10)20(29)27-15-6-5-12(8-16(15)28)26-21(30)13-9-14(22)18(24)19(25)17(13)23/h2-9,28H,1H3,(H,26,30)(H,27,29). The summed E-state index contributed by atoms with van der Waals surface area (Å²) in [7, 11) is 0. The highest BCUT2D eigenvalue weighted by Gasteiger charge is 2.23. The van der Waals surface area contributed by atoms with Crippen LogP contribution in [0.1, 0.15) is 26.3 Å². The molecule has 154 valence electrons. The van der Waals surface area contributed by atoms with Crippen LogP contribution >= 0.6 is 0 Å². The number of anilines is 2. The van der Waals surface area contributed by atoms with Gasteiger partial charge in [0.2, 0.25) is 0 Å². The minimum absolute atomic E-state index is 0.0320. The molecule has 3 aromatic carbocycles. The van der Waals surface area contributed by atoms with Crippen LogP contribution in [0.4, 0.5) is 28.9 Å². The fourth-order valence-corrected chi connectivity index (χ4v) is 2.63. The van der Waals surface area contributed by atoms with Gasteiger partial charge in [-0.2, -0.15) is 0 Å². The van der Waals surface area contributed by atoms with Gasteiger partial charge in [-0.3, -0.25) is 9.59 Å². The zero-order valence-electron chi connectivity index (χ0n) is 15.4. The molecule has 0 saturated carbocycles. The van der Waals surface area contributed by atoms with Crippen LogP contribution in [0.3, 0.4) is 0 Å². The molecular formula is C21H14F4N2O3. The first kappa shape index (κ1) is 20.8. The Morgan fingerprint density at radius 1 is 0.833 bits per heavy atom. The number of benzene rings is 3. The molecule has 0 radical (unpaired) electrons. The number of carbonyl (C=O) groups is 2. The van der Waals surface area contributed by atoms with Crippen molar-refractivity contribution in [2.24, 2.45) is 0 Å². The first-order valence-corrected chi connectivity index (χ1v) is 8.52. The summed E-state index contributed by atoms with van der Waals surface area (Å²) in [6.07, 6.45) is 0. The molecule has 0 bridgehead atoms. The minimum Gasteiger partial charge on any atom is -0.506 e. The Balaban J connectivity index is 1.77. The lowest BCUT2D eigenvalue weighted by Crippen LogP contribution is -2.16. The maximum Gasteiger partial charge on any atom is 0.258 e. The van der Waals surface area contributed by atoms with Crippen LogP contribution in [0.2, 0.25) is 0 Å². The molecular weight excluding hydrogens is 404 g/mol. The molecule has 0 aromatic heterocycles. The summed E-state index contributed by atoms with van der Waals surface area (Å²) in [4.78, 5) is 24.3. The monoisotopic (exact) mass is 418 g/mol. The van der Waals surface area contributed by atoms with Gasteiger partial charge in [0.1, 0.15) is 5.75 Å². The van der Waals surface area contributed by atoms with Crippen LogP contribution in [0.25, 0.3) is 0 Å². The number of rotatable bonds is 4. The van der Waals surface area contributed by atoms with Crippen molar-refractivity contribution in [1.82, 2.24) is 0 Å². The number of phenolic OH excluding ortho intramolecular Hbond substituents is 1. The van der Waals surface area contributed by atoms with Crippen molar-refractivity contribution < 1.29 is 32.3 Å². The van der Waals surface area contributed by atoms with Crippen LogP contribution in [-0.4, -0.2) is 16.9 Å². The molecule has 0 heterocycles. The number of aryl methyl sites for hydroxylation is 1. The third-order valence-corrected chi connectivity index (χ3v) is 4.13. The molecule has 9 heteroatoms. The number of hydrogen-bond acceptors (Lipinski definition) is 3. The Morgan fingerprint density at radius 3 is 2.23 bits per heavy atom. The summed E-state index contributed by atoms with van der Waals surface area (Å²) in [6.45, 7) is 1.81. The van der Waals surface area contributed by atoms with E-state index in [1.165, 1.54) is 12.1 Å². The van der Waals surface area contributed by atoms with Gasteiger partial charge in [-0.15, -0.1) is 0 Å². The quantitative estimate of drug-likeness (QED) is 0.247. The normalized spacial score (nSPS) is 10.6. The largest absolute Gasteiger partial charge is 0.506 e. The summed E-state index contributed by atoms with van der Waals surface area (Å²) in [6, 6.07) is 10.5. The maximum absolute atomic E-state index is 13.7. The molecule has 30 heavy (non-hydrogen) atoms. The molecule has 0 atom stereocenters. The van der Waals surface area contributed by atoms with Gasteiger partial charge >= 0.3 is 0 Å². The SMILES string of the molecule is Cc1cccc(C(=O)Nc2ccc(NC(=O)c3cc(F)c(F)c(F)c3F)cc2O)c1. The van der Waals surface area contributed by atoms with E-state index in [1.807, 2.05) is 13.0 Å². The van der Waals surface area contributed by atoms with Gasteiger partial charge < -0.3 is 15.7 Å². The van der Waals surface area contributed by atoms with Gasteiger partial charge in [-0.1, -0.05) is 17.7 Å². The molecule has 0 aliphatic rings. The van der Waals surface area contributed by atoms with Crippen LogP contribution < -0.4 is 10.6 Å². The number of hydrogen-bond donors (Lipinski definition) is 3. The molecule has 0 aliphatic carbocycles. The average molecular weight is 418 g/mol. The number of aromatic hydroxyl groups is 1. The van der Waals surface area contributed by atoms with E-state index < -0.39 is 46.4 Å². The van der Waals surface area contributed by atoms with Crippen molar-refractivity contribution in [3.8, 4) is 5.75 Å². The summed E-state index contributed by atoms with van der Waals surface area (Å²) in [5.41, 5.74) is 0.149. The molecule has 5 nitrogen and oxygen atoms in total. The van der Waals surface area contributed by atoms with E-state index in [0.29, 0.717) is 5.56 Å². The molecule has 0 spiro atoms. The topological polar surface area (TPSA) is 78.4 Å². The smallest absolute Gasteiger partial charge is 0.258 e. The number of amides is 2. The highest BCUT2D eigenvalue weighted by atomic mass is 19.2. The molecule has 0 saturated heterocycles. The van der Waals surface area contributed by atoms with Gasteiger partial charge in [0.15, 0.2) is 23.3 Å². The number of nitrogens with one attached hydrogen (secondary N) is 2. The Bertz CT molecular complexity index is 1170. The fourth-order valence-electron chi connectivity index (χ4n) is 2.63. The third kappa shape index (κ3) is 4.24. The van der Waals surface area contributed by atoms with Crippen molar-refractivity contribution in [3.63, 3.8) is 0 Å². The van der Waals surface area contributed by atoms with Crippen LogP contribution in [-0.2, 0) is 0 Å². The lowest BCUT2D eigenvalue weighted by atomic mass is 10.1. The lowest BCUT2D eigenvalue weighted by molar-refractivity contribution is 0.101. The van der Waals surface area contributed by atoms with Crippen molar-refractivity contribution in [1.29, 1.82) is 0 Å². The number of carbonyl (C=O) groups excluding carboxylic acids is 2. The van der Waals surface area contributed by atoms with E-state index in [2.05, 4.69) is 10.6 Å². The predicted octanol–water partition coefficient (Wildman–Crippen LogP) is 4.76. The summed E-state index contributed by atoms with van der Waals surface area (Å²) < 4.78 is 53.3. The Kier molecular flexibility index (Phi) is 5.72. The van der Waals surface area contributed by atoms with Crippen molar-refractivity contribution in [3.05, 3.63) is 88.5 Å². The zero-order valence-corrected chi connectivity index (χ0v) is 15.4. The second-order valence-electron chi connectivity index (χ2n) is 6.36. The van der Waals surface area contributed by atoms with Crippen LogP contribution in [0.5, 0.6) is 5.75 Å². The number of halogens is 4. The number of phenols is 1. The molecule has 0 fully saturated rings. The van der Waals surface area contributed by atoms with Gasteiger partial charge in [0.25, 0.3) is 11.8 Å². The van der Waals surface area contributed by atoms with Gasteiger partial charge in [-0.25, -0.2) is 17.6 Å². The van der Waals surface area contributed by atoms with Crippen molar-refractivity contribution >= 4 is 23.2 Å². The second kappa shape index (κ2) is 8.24. The molecule has 3 rings (SSSR count). The van der Waals surface area contributed by atoms with E-state index in [4.69, 9.17) is 0 Å². The van der Waals surface area contributed by atoms with Crippen molar-refractivity contribution in [2.45, 2.75) is 6.92 Å². The maximum atomic E-state index is 13.7. The Hall–Kier alpha value is -3.88. The Labute approximate surface area is 168 Å². The van der Waals surface area contributed by atoms with E-state index in [9.17, 15) is 32.3 Å². The van der Waals surface area contributed by atoms with Crippen molar-refractivity contribution in [2.75, 3.05) is 10.6 Å². The first-order chi connectivity index (χ1) is 14.2. The molecule has 2 amide bonds. The van der Waals surface area contributed by atoms with Gasteiger partial charge in [0.05, 0.1) is 11.3 Å². The Morgan fingerprint density at radius 2 is 1.57 bits per heavy atom. The predicted molar refractivity (Wildman–Crippen MR) is 101 cm³/mol. The molecule has 0 unspecified atom stereocenters.